The smallest absolute Gasteiger partial charge is 0.312 e. The number of carbonyl (C=O) groups excluding carboxylic acids is 1. The Morgan fingerprint density at radius 1 is 1.44 bits per heavy atom. The van der Waals surface area contributed by atoms with Gasteiger partial charge >= 0.3 is 6.03 Å². The van der Waals surface area contributed by atoms with E-state index in [-0.39, 0.29) is 0 Å². The fourth-order valence-electron chi connectivity index (χ4n) is 1.16. The van der Waals surface area contributed by atoms with E-state index in [1.165, 1.54) is 6.33 Å². The fourth-order valence-corrected chi connectivity index (χ4v) is 1.16. The second-order valence-electron chi connectivity index (χ2n) is 3.70. The van der Waals surface area contributed by atoms with Gasteiger partial charge < -0.3 is 16.4 Å². The summed E-state index contributed by atoms with van der Waals surface area (Å²) in [6, 6.07) is 1.38. The number of carbonyl (C=O) groups is 1. The Morgan fingerprint density at radius 2 is 2.19 bits per heavy atom. The molecule has 1 rings (SSSR count). The average molecular weight is 223 g/mol. The van der Waals surface area contributed by atoms with Gasteiger partial charge in [-0.25, -0.2) is 14.8 Å². The van der Waals surface area contributed by atoms with Crippen LogP contribution in [-0.4, -0.2) is 29.1 Å². The molecule has 0 unspecified atom stereocenters. The molecule has 6 nitrogen and oxygen atoms in total. The first-order valence-corrected chi connectivity index (χ1v) is 5.18. The molecule has 4 N–H and O–H groups in total. The van der Waals surface area contributed by atoms with Crippen molar-refractivity contribution in [1.29, 1.82) is 0 Å². The van der Waals surface area contributed by atoms with Crippen LogP contribution in [-0.2, 0) is 0 Å². The molecule has 0 aliphatic carbocycles. The highest BCUT2D eigenvalue weighted by molar-refractivity contribution is 5.71. The number of urea groups is 1. The van der Waals surface area contributed by atoms with Gasteiger partial charge in [0.1, 0.15) is 12.1 Å². The van der Waals surface area contributed by atoms with Gasteiger partial charge in [-0.15, -0.1) is 0 Å². The van der Waals surface area contributed by atoms with Crippen LogP contribution in [0.1, 0.15) is 25.5 Å². The molecule has 0 saturated heterocycles. The first-order valence-electron chi connectivity index (χ1n) is 5.18. The summed E-state index contributed by atoms with van der Waals surface area (Å²) in [6.07, 6.45) is 1.53. The highest BCUT2D eigenvalue weighted by atomic mass is 16.2. The Bertz CT molecular complexity index is 353. The van der Waals surface area contributed by atoms with E-state index in [1.807, 2.05) is 6.07 Å². The van der Waals surface area contributed by atoms with Crippen molar-refractivity contribution in [3.05, 3.63) is 18.1 Å². The third kappa shape index (κ3) is 4.12. The summed E-state index contributed by atoms with van der Waals surface area (Å²) in [6.45, 7) is 5.19. The Labute approximate surface area is 94.7 Å². The average Bonchev–Trinajstić information content (AvgIpc) is 2.24. The van der Waals surface area contributed by atoms with Gasteiger partial charge in [0.15, 0.2) is 0 Å². The molecule has 0 aromatic carbocycles. The minimum absolute atomic E-state index is 0.368. The van der Waals surface area contributed by atoms with Crippen LogP contribution in [0.15, 0.2) is 12.4 Å². The van der Waals surface area contributed by atoms with E-state index in [0.717, 1.165) is 11.5 Å². The molecule has 0 bridgehead atoms. The molecule has 0 aliphatic heterocycles. The van der Waals surface area contributed by atoms with Gasteiger partial charge in [0, 0.05) is 24.8 Å². The normalized spacial score (nSPS) is 10.2. The van der Waals surface area contributed by atoms with Gasteiger partial charge in [0.05, 0.1) is 0 Å². The maximum Gasteiger partial charge on any atom is 0.312 e. The molecule has 0 saturated carbocycles. The van der Waals surface area contributed by atoms with Crippen molar-refractivity contribution in [1.82, 2.24) is 15.3 Å². The zero-order valence-corrected chi connectivity index (χ0v) is 9.53. The Kier molecular flexibility index (Phi) is 4.50. The highest BCUT2D eigenvalue weighted by Gasteiger charge is 2.02. The van der Waals surface area contributed by atoms with E-state index in [1.54, 1.807) is 0 Å². The Hall–Kier alpha value is -1.85. The van der Waals surface area contributed by atoms with Crippen molar-refractivity contribution < 1.29 is 4.79 Å². The number of hydrogen-bond acceptors (Lipinski definition) is 4. The predicted molar refractivity (Wildman–Crippen MR) is 62.2 cm³/mol. The van der Waals surface area contributed by atoms with E-state index in [0.29, 0.717) is 19.0 Å². The van der Waals surface area contributed by atoms with Gasteiger partial charge in [-0.2, -0.15) is 0 Å². The van der Waals surface area contributed by atoms with Crippen molar-refractivity contribution in [3.63, 3.8) is 0 Å². The maximum atomic E-state index is 10.4. The third-order valence-corrected chi connectivity index (χ3v) is 2.01. The largest absolute Gasteiger partial charge is 0.368 e. The van der Waals surface area contributed by atoms with Gasteiger partial charge in [-0.1, -0.05) is 13.8 Å². The van der Waals surface area contributed by atoms with Crippen LogP contribution in [0.5, 0.6) is 0 Å². The summed E-state index contributed by atoms with van der Waals surface area (Å²) in [5.74, 6) is 1.12. The fraction of sp³-hybridized carbons (Fsp3) is 0.500. The molecular formula is C10H17N5O. The standard InChI is InChI=1S/C10H17N5O/c1-7(2)8-5-9(15-6-14-8)12-3-4-13-10(11)16/h5-7H,3-4H2,1-2H3,(H3,11,13,16)(H,12,14,15). The summed E-state index contributed by atoms with van der Waals surface area (Å²) in [5, 5.41) is 5.56. The molecule has 1 heterocycles. The number of nitrogens with zero attached hydrogens (tertiary/aromatic N) is 2. The van der Waals surface area contributed by atoms with E-state index in [4.69, 9.17) is 5.73 Å². The molecule has 0 radical (unpaired) electrons. The van der Waals surface area contributed by atoms with Crippen molar-refractivity contribution in [3.8, 4) is 0 Å². The zero-order valence-electron chi connectivity index (χ0n) is 9.53. The summed E-state index contributed by atoms with van der Waals surface area (Å²) < 4.78 is 0. The third-order valence-electron chi connectivity index (χ3n) is 2.01. The van der Waals surface area contributed by atoms with Crippen LogP contribution >= 0.6 is 0 Å². The Morgan fingerprint density at radius 3 is 2.81 bits per heavy atom. The van der Waals surface area contributed by atoms with E-state index >= 15 is 0 Å². The number of amides is 2. The number of nitrogens with two attached hydrogens (primary N) is 1. The van der Waals surface area contributed by atoms with Crippen LogP contribution in [0, 0.1) is 0 Å². The second-order valence-corrected chi connectivity index (χ2v) is 3.70. The molecule has 16 heavy (non-hydrogen) atoms. The monoisotopic (exact) mass is 223 g/mol. The van der Waals surface area contributed by atoms with Gasteiger partial charge in [0.25, 0.3) is 0 Å². The zero-order chi connectivity index (χ0) is 12.0. The number of aromatic nitrogens is 2. The number of primary amides is 1. The van der Waals surface area contributed by atoms with Crippen LogP contribution in [0.25, 0.3) is 0 Å². The minimum atomic E-state index is -0.521. The first kappa shape index (κ1) is 12.2. The van der Waals surface area contributed by atoms with Gasteiger partial charge in [-0.3, -0.25) is 0 Å². The second kappa shape index (κ2) is 5.89. The van der Waals surface area contributed by atoms with Crippen LogP contribution in [0.3, 0.4) is 0 Å². The van der Waals surface area contributed by atoms with Crippen molar-refractivity contribution in [2.24, 2.45) is 5.73 Å². The molecule has 88 valence electrons. The first-order chi connectivity index (χ1) is 7.59. The SMILES string of the molecule is CC(C)c1cc(NCCNC(N)=O)ncn1. The lowest BCUT2D eigenvalue weighted by molar-refractivity contribution is 0.249. The summed E-state index contributed by atoms with van der Waals surface area (Å²) in [5.41, 5.74) is 5.92. The molecule has 0 fully saturated rings. The quantitative estimate of drug-likeness (QED) is 0.640. The highest BCUT2D eigenvalue weighted by Crippen LogP contribution is 2.13. The number of anilines is 1. The summed E-state index contributed by atoms with van der Waals surface area (Å²) in [4.78, 5) is 18.6. The lowest BCUT2D eigenvalue weighted by atomic mass is 10.1. The molecule has 0 spiro atoms. The van der Waals surface area contributed by atoms with Crippen LogP contribution in [0.4, 0.5) is 10.6 Å². The number of nitrogens with one attached hydrogen (secondary N) is 2. The molecular weight excluding hydrogens is 206 g/mol. The Balaban J connectivity index is 2.42. The molecule has 0 aliphatic rings. The minimum Gasteiger partial charge on any atom is -0.368 e. The number of hydrogen-bond donors (Lipinski definition) is 3. The summed E-state index contributed by atoms with van der Waals surface area (Å²) in [7, 11) is 0. The molecule has 6 heteroatoms. The molecule has 2 amide bonds. The van der Waals surface area contributed by atoms with E-state index in [9.17, 15) is 4.79 Å². The van der Waals surface area contributed by atoms with Crippen molar-refractivity contribution in [2.45, 2.75) is 19.8 Å². The van der Waals surface area contributed by atoms with Gasteiger partial charge in [-0.05, 0) is 5.92 Å². The van der Waals surface area contributed by atoms with E-state index in [2.05, 4.69) is 34.4 Å². The summed E-state index contributed by atoms with van der Waals surface area (Å²) >= 11 is 0. The lowest BCUT2D eigenvalue weighted by Gasteiger charge is -2.08. The molecule has 1 aromatic heterocycles. The maximum absolute atomic E-state index is 10.4. The van der Waals surface area contributed by atoms with Crippen LogP contribution in [0.2, 0.25) is 0 Å². The van der Waals surface area contributed by atoms with Crippen molar-refractivity contribution in [2.75, 3.05) is 18.4 Å². The number of rotatable bonds is 5. The molecule has 1 aromatic rings. The topological polar surface area (TPSA) is 92.9 Å². The molecule has 0 atom stereocenters. The van der Waals surface area contributed by atoms with Crippen LogP contribution < -0.4 is 16.4 Å². The van der Waals surface area contributed by atoms with Gasteiger partial charge in [0.2, 0.25) is 0 Å². The van der Waals surface area contributed by atoms with E-state index < -0.39 is 6.03 Å². The van der Waals surface area contributed by atoms with Crippen molar-refractivity contribution >= 4 is 11.8 Å². The lowest BCUT2D eigenvalue weighted by Crippen LogP contribution is -2.33. The predicted octanol–water partition coefficient (Wildman–Crippen LogP) is 0.680.